The number of hydrogen-bond donors (Lipinski definition) is 1. The Labute approximate surface area is 126 Å². The molecular formula is C15H18F2N4O. The molecule has 2 aromatic rings. The second kappa shape index (κ2) is 5.62. The van der Waals surface area contributed by atoms with Gasteiger partial charge in [0, 0.05) is 31.3 Å². The van der Waals surface area contributed by atoms with Crippen LogP contribution in [0.1, 0.15) is 43.0 Å². The number of aromatic nitrogens is 3. The lowest BCUT2D eigenvalue weighted by molar-refractivity contribution is -0.0485. The van der Waals surface area contributed by atoms with Crippen LogP contribution in [-0.4, -0.2) is 32.5 Å². The summed E-state index contributed by atoms with van der Waals surface area (Å²) in [5.74, 6) is -2.73. The van der Waals surface area contributed by atoms with E-state index in [4.69, 9.17) is 0 Å². The summed E-state index contributed by atoms with van der Waals surface area (Å²) >= 11 is 0. The van der Waals surface area contributed by atoms with E-state index in [0.29, 0.717) is 24.1 Å². The van der Waals surface area contributed by atoms with E-state index in [1.54, 1.807) is 18.5 Å². The van der Waals surface area contributed by atoms with Crippen LogP contribution in [0.25, 0.3) is 5.65 Å². The standard InChI is InChI=1S/C15H18F2N4O/c1-10(11-3-5-15(16,17)6-4-11)20-14(22)12-9-19-21-8-2-7-18-13(12)21/h2,7-11H,3-6H2,1H3,(H,20,22). The Bertz CT molecular complexity index is 675. The van der Waals surface area contributed by atoms with E-state index in [0.717, 1.165) is 0 Å². The molecule has 1 aliphatic carbocycles. The lowest BCUT2D eigenvalue weighted by atomic mass is 9.82. The molecule has 1 saturated carbocycles. The maximum atomic E-state index is 13.2. The van der Waals surface area contributed by atoms with Crippen molar-refractivity contribution in [2.24, 2.45) is 5.92 Å². The number of hydrogen-bond acceptors (Lipinski definition) is 3. The van der Waals surface area contributed by atoms with Crippen LogP contribution in [0.2, 0.25) is 0 Å². The van der Waals surface area contributed by atoms with Gasteiger partial charge in [-0.05, 0) is 31.7 Å². The molecule has 0 bridgehead atoms. The molecule has 0 aliphatic heterocycles. The highest BCUT2D eigenvalue weighted by Crippen LogP contribution is 2.37. The molecule has 0 aromatic carbocycles. The van der Waals surface area contributed by atoms with Crippen LogP contribution in [0, 0.1) is 5.92 Å². The lowest BCUT2D eigenvalue weighted by Crippen LogP contribution is -2.41. The van der Waals surface area contributed by atoms with Crippen molar-refractivity contribution in [1.29, 1.82) is 0 Å². The minimum absolute atomic E-state index is 0.0818. The number of nitrogens with one attached hydrogen (secondary N) is 1. The Hall–Kier alpha value is -2.05. The fraction of sp³-hybridized carbons (Fsp3) is 0.533. The first-order valence-electron chi connectivity index (χ1n) is 7.43. The van der Waals surface area contributed by atoms with E-state index in [1.165, 1.54) is 10.7 Å². The number of carbonyl (C=O) groups is 1. The average molecular weight is 308 g/mol. The summed E-state index contributed by atoms with van der Waals surface area (Å²) in [4.78, 5) is 16.5. The first kappa shape index (κ1) is 14.9. The molecule has 1 fully saturated rings. The van der Waals surface area contributed by atoms with Gasteiger partial charge in [0.05, 0.1) is 6.20 Å². The van der Waals surface area contributed by atoms with E-state index in [9.17, 15) is 13.6 Å². The topological polar surface area (TPSA) is 59.3 Å². The molecule has 118 valence electrons. The second-order valence-electron chi connectivity index (χ2n) is 5.90. The SMILES string of the molecule is CC(NC(=O)c1cnn2cccnc12)C1CCC(F)(F)CC1. The number of nitrogens with zero attached hydrogens (tertiary/aromatic N) is 3. The van der Waals surface area contributed by atoms with Gasteiger partial charge in [0.2, 0.25) is 5.92 Å². The zero-order chi connectivity index (χ0) is 15.7. The van der Waals surface area contributed by atoms with Crippen LogP contribution >= 0.6 is 0 Å². The van der Waals surface area contributed by atoms with Crippen LogP contribution in [0.5, 0.6) is 0 Å². The van der Waals surface area contributed by atoms with Crippen molar-refractivity contribution in [2.45, 2.75) is 44.6 Å². The summed E-state index contributed by atoms with van der Waals surface area (Å²) in [7, 11) is 0. The fourth-order valence-corrected chi connectivity index (χ4v) is 2.95. The summed E-state index contributed by atoms with van der Waals surface area (Å²) in [6.45, 7) is 1.87. The van der Waals surface area contributed by atoms with Crippen LogP contribution in [-0.2, 0) is 0 Å². The highest BCUT2D eigenvalue weighted by atomic mass is 19.3. The Morgan fingerprint density at radius 3 is 2.91 bits per heavy atom. The van der Waals surface area contributed by atoms with Crippen LogP contribution in [0.3, 0.4) is 0 Å². The molecular weight excluding hydrogens is 290 g/mol. The zero-order valence-electron chi connectivity index (χ0n) is 12.3. The molecule has 1 atom stereocenters. The molecule has 7 heteroatoms. The number of fused-ring (bicyclic) bond motifs is 1. The summed E-state index contributed by atoms with van der Waals surface area (Å²) in [5.41, 5.74) is 0.885. The maximum absolute atomic E-state index is 13.2. The number of carbonyl (C=O) groups excluding carboxylic acids is 1. The molecule has 3 rings (SSSR count). The minimum atomic E-state index is -2.55. The van der Waals surface area contributed by atoms with Crippen molar-refractivity contribution in [2.75, 3.05) is 0 Å². The zero-order valence-corrected chi connectivity index (χ0v) is 12.3. The van der Waals surface area contributed by atoms with Gasteiger partial charge < -0.3 is 5.32 Å². The minimum Gasteiger partial charge on any atom is -0.349 e. The summed E-state index contributed by atoms with van der Waals surface area (Å²) in [6, 6.07) is 1.58. The van der Waals surface area contributed by atoms with E-state index in [-0.39, 0.29) is 30.7 Å². The molecule has 2 aromatic heterocycles. The molecule has 2 heterocycles. The third-order valence-corrected chi connectivity index (χ3v) is 4.35. The summed E-state index contributed by atoms with van der Waals surface area (Å²) in [6.07, 6.45) is 5.45. The Kier molecular flexibility index (Phi) is 3.80. The van der Waals surface area contributed by atoms with Gasteiger partial charge in [0.15, 0.2) is 5.65 Å². The van der Waals surface area contributed by atoms with Crippen molar-refractivity contribution in [1.82, 2.24) is 19.9 Å². The largest absolute Gasteiger partial charge is 0.349 e. The van der Waals surface area contributed by atoms with E-state index in [2.05, 4.69) is 15.4 Å². The Morgan fingerprint density at radius 1 is 1.45 bits per heavy atom. The molecule has 22 heavy (non-hydrogen) atoms. The van der Waals surface area contributed by atoms with Gasteiger partial charge in [0.1, 0.15) is 5.56 Å². The number of rotatable bonds is 3. The smallest absolute Gasteiger partial charge is 0.256 e. The van der Waals surface area contributed by atoms with Crippen molar-refractivity contribution in [3.05, 3.63) is 30.2 Å². The maximum Gasteiger partial charge on any atom is 0.256 e. The van der Waals surface area contributed by atoms with Crippen LogP contribution in [0.15, 0.2) is 24.7 Å². The first-order chi connectivity index (χ1) is 10.5. The predicted octanol–water partition coefficient (Wildman–Crippen LogP) is 2.67. The molecule has 1 amide bonds. The lowest BCUT2D eigenvalue weighted by Gasteiger charge is -2.32. The fourth-order valence-electron chi connectivity index (χ4n) is 2.95. The molecule has 1 N–H and O–H groups in total. The molecule has 0 spiro atoms. The van der Waals surface area contributed by atoms with Crippen LogP contribution < -0.4 is 5.32 Å². The van der Waals surface area contributed by atoms with E-state index >= 15 is 0 Å². The van der Waals surface area contributed by atoms with Gasteiger partial charge in [-0.1, -0.05) is 0 Å². The quantitative estimate of drug-likeness (QED) is 0.948. The average Bonchev–Trinajstić information content (AvgIpc) is 2.91. The summed E-state index contributed by atoms with van der Waals surface area (Å²) < 4.78 is 27.9. The molecule has 0 radical (unpaired) electrons. The van der Waals surface area contributed by atoms with Gasteiger partial charge >= 0.3 is 0 Å². The highest BCUT2D eigenvalue weighted by molar-refractivity contribution is 5.99. The molecule has 5 nitrogen and oxygen atoms in total. The van der Waals surface area contributed by atoms with Gasteiger partial charge in [-0.2, -0.15) is 5.10 Å². The van der Waals surface area contributed by atoms with Gasteiger partial charge in [0.25, 0.3) is 5.91 Å². The van der Waals surface area contributed by atoms with Gasteiger partial charge in [-0.3, -0.25) is 4.79 Å². The van der Waals surface area contributed by atoms with Crippen molar-refractivity contribution in [3.63, 3.8) is 0 Å². The monoisotopic (exact) mass is 308 g/mol. The van der Waals surface area contributed by atoms with E-state index in [1.807, 2.05) is 6.92 Å². The third kappa shape index (κ3) is 2.93. The van der Waals surface area contributed by atoms with Gasteiger partial charge in [-0.25, -0.2) is 18.3 Å². The molecule has 0 saturated heterocycles. The first-order valence-corrected chi connectivity index (χ1v) is 7.43. The van der Waals surface area contributed by atoms with Gasteiger partial charge in [-0.15, -0.1) is 0 Å². The number of amides is 1. The molecule has 1 unspecified atom stereocenters. The number of halogens is 2. The predicted molar refractivity (Wildman–Crippen MR) is 76.8 cm³/mol. The van der Waals surface area contributed by atoms with E-state index < -0.39 is 5.92 Å². The van der Waals surface area contributed by atoms with Crippen molar-refractivity contribution >= 4 is 11.6 Å². The third-order valence-electron chi connectivity index (χ3n) is 4.35. The van der Waals surface area contributed by atoms with Crippen molar-refractivity contribution in [3.8, 4) is 0 Å². The highest BCUT2D eigenvalue weighted by Gasteiger charge is 2.37. The summed E-state index contributed by atoms with van der Waals surface area (Å²) in [5, 5.41) is 6.97. The Balaban J connectivity index is 1.67. The normalized spacial score (nSPS) is 20.0. The second-order valence-corrected chi connectivity index (χ2v) is 5.90. The molecule has 1 aliphatic rings. The number of alkyl halides is 2. The Morgan fingerprint density at radius 2 is 2.18 bits per heavy atom. The van der Waals surface area contributed by atoms with Crippen molar-refractivity contribution < 1.29 is 13.6 Å². The van der Waals surface area contributed by atoms with Crippen LogP contribution in [0.4, 0.5) is 8.78 Å².